The van der Waals surface area contributed by atoms with E-state index in [4.69, 9.17) is 0 Å². The Balaban J connectivity index is 2.04. The van der Waals surface area contributed by atoms with Crippen LogP contribution in [-0.4, -0.2) is 20.7 Å². The second-order valence-corrected chi connectivity index (χ2v) is 4.79. The first-order chi connectivity index (χ1) is 8.16. The molecule has 1 aromatic heterocycles. The maximum Gasteiger partial charge on any atom is 0.249 e. The van der Waals surface area contributed by atoms with Crippen LogP contribution in [0.1, 0.15) is 13.0 Å². The third-order valence-electron chi connectivity index (χ3n) is 2.32. The van der Waals surface area contributed by atoms with E-state index in [1.807, 2.05) is 24.3 Å². The molecule has 1 heterocycles. The van der Waals surface area contributed by atoms with Gasteiger partial charge < -0.3 is 5.32 Å². The quantitative estimate of drug-likeness (QED) is 0.869. The molecule has 0 saturated heterocycles. The number of nitrogens with zero attached hydrogens (tertiary/aromatic N) is 3. The number of rotatable bonds is 3. The molecule has 0 aliphatic rings. The number of amides is 1. The molecule has 0 radical (unpaired) electrons. The summed E-state index contributed by atoms with van der Waals surface area (Å²) in [7, 11) is 0. The van der Waals surface area contributed by atoms with Crippen LogP contribution in [0, 0.1) is 3.57 Å². The molecular formula is C11H11IN4O. The molecule has 0 spiro atoms. The Hall–Kier alpha value is -1.44. The van der Waals surface area contributed by atoms with Crippen molar-refractivity contribution >= 4 is 34.2 Å². The van der Waals surface area contributed by atoms with Gasteiger partial charge in [-0.1, -0.05) is 0 Å². The number of carbonyl (C=O) groups is 1. The monoisotopic (exact) mass is 342 g/mol. The van der Waals surface area contributed by atoms with Crippen LogP contribution < -0.4 is 5.32 Å². The van der Waals surface area contributed by atoms with Gasteiger partial charge in [0.15, 0.2) is 0 Å². The summed E-state index contributed by atoms with van der Waals surface area (Å²) in [5.74, 6) is -0.114. The molecule has 1 amide bonds. The van der Waals surface area contributed by atoms with E-state index in [1.165, 1.54) is 17.3 Å². The van der Waals surface area contributed by atoms with E-state index in [0.29, 0.717) is 0 Å². The standard InChI is InChI=1S/C11H11IN4O/c1-8(16-7-13-6-14-16)11(17)15-10-4-2-9(12)3-5-10/h2-8H,1H3,(H,15,17). The lowest BCUT2D eigenvalue weighted by molar-refractivity contribution is -0.119. The fourth-order valence-electron chi connectivity index (χ4n) is 1.32. The van der Waals surface area contributed by atoms with Crippen molar-refractivity contribution in [2.45, 2.75) is 13.0 Å². The number of aromatic nitrogens is 3. The summed E-state index contributed by atoms with van der Waals surface area (Å²) in [4.78, 5) is 15.7. The van der Waals surface area contributed by atoms with E-state index < -0.39 is 0 Å². The number of benzene rings is 1. The van der Waals surface area contributed by atoms with E-state index in [9.17, 15) is 4.79 Å². The van der Waals surface area contributed by atoms with Crippen LogP contribution in [0.2, 0.25) is 0 Å². The Morgan fingerprint density at radius 3 is 2.71 bits per heavy atom. The van der Waals surface area contributed by atoms with E-state index in [0.717, 1.165) is 9.26 Å². The Kier molecular flexibility index (Phi) is 3.72. The van der Waals surface area contributed by atoms with Gasteiger partial charge in [0.1, 0.15) is 18.7 Å². The third kappa shape index (κ3) is 3.02. The zero-order valence-electron chi connectivity index (χ0n) is 9.17. The average Bonchev–Trinajstić information content (AvgIpc) is 2.84. The molecule has 2 rings (SSSR count). The van der Waals surface area contributed by atoms with Crippen molar-refractivity contribution < 1.29 is 4.79 Å². The van der Waals surface area contributed by atoms with Gasteiger partial charge in [-0.2, -0.15) is 5.10 Å². The minimum Gasteiger partial charge on any atom is -0.324 e. The van der Waals surface area contributed by atoms with Crippen LogP contribution in [0.5, 0.6) is 0 Å². The molecule has 1 aromatic carbocycles. The predicted octanol–water partition coefficient (Wildman–Crippen LogP) is 2.08. The highest BCUT2D eigenvalue weighted by molar-refractivity contribution is 14.1. The maximum atomic E-state index is 11.9. The van der Waals surface area contributed by atoms with Crippen LogP contribution in [-0.2, 0) is 4.79 Å². The molecule has 0 aliphatic carbocycles. The summed E-state index contributed by atoms with van der Waals surface area (Å²) in [5, 5.41) is 6.76. The second-order valence-electron chi connectivity index (χ2n) is 3.55. The number of halogens is 1. The van der Waals surface area contributed by atoms with Crippen molar-refractivity contribution in [3.63, 3.8) is 0 Å². The molecule has 2 aromatic rings. The van der Waals surface area contributed by atoms with Crippen molar-refractivity contribution in [3.8, 4) is 0 Å². The molecule has 0 fully saturated rings. The van der Waals surface area contributed by atoms with Gasteiger partial charge in [-0.3, -0.25) is 4.79 Å². The van der Waals surface area contributed by atoms with Crippen LogP contribution >= 0.6 is 22.6 Å². The summed E-state index contributed by atoms with van der Waals surface area (Å²) in [5.41, 5.74) is 0.780. The second kappa shape index (κ2) is 5.26. The predicted molar refractivity (Wildman–Crippen MR) is 72.5 cm³/mol. The van der Waals surface area contributed by atoms with Gasteiger partial charge in [0.05, 0.1) is 0 Å². The van der Waals surface area contributed by atoms with Crippen molar-refractivity contribution in [2.75, 3.05) is 5.32 Å². The van der Waals surface area contributed by atoms with E-state index >= 15 is 0 Å². The normalized spacial score (nSPS) is 12.1. The van der Waals surface area contributed by atoms with Crippen molar-refractivity contribution in [2.24, 2.45) is 0 Å². The lowest BCUT2D eigenvalue weighted by atomic mass is 10.3. The van der Waals surface area contributed by atoms with Gasteiger partial charge >= 0.3 is 0 Å². The number of anilines is 1. The lowest BCUT2D eigenvalue weighted by Gasteiger charge is -2.11. The third-order valence-corrected chi connectivity index (χ3v) is 3.04. The first-order valence-corrected chi connectivity index (χ1v) is 6.15. The first-order valence-electron chi connectivity index (χ1n) is 5.07. The molecule has 0 saturated carbocycles. The van der Waals surface area contributed by atoms with Gasteiger partial charge in [-0.25, -0.2) is 9.67 Å². The molecule has 0 aliphatic heterocycles. The number of hydrogen-bond donors (Lipinski definition) is 1. The van der Waals surface area contributed by atoms with Crippen molar-refractivity contribution in [1.29, 1.82) is 0 Å². The molecule has 17 heavy (non-hydrogen) atoms. The van der Waals surface area contributed by atoms with Crippen molar-refractivity contribution in [3.05, 3.63) is 40.5 Å². The Morgan fingerprint density at radius 2 is 2.12 bits per heavy atom. The summed E-state index contributed by atoms with van der Waals surface area (Å²) in [6.07, 6.45) is 2.94. The highest BCUT2D eigenvalue weighted by Crippen LogP contribution is 2.13. The van der Waals surface area contributed by atoms with Crippen molar-refractivity contribution in [1.82, 2.24) is 14.8 Å². The minimum atomic E-state index is -0.378. The topological polar surface area (TPSA) is 59.8 Å². The van der Waals surface area contributed by atoms with E-state index in [-0.39, 0.29) is 11.9 Å². The van der Waals surface area contributed by atoms with E-state index in [1.54, 1.807) is 6.92 Å². The van der Waals surface area contributed by atoms with Gasteiger partial charge in [0.25, 0.3) is 0 Å². The average molecular weight is 342 g/mol. The van der Waals surface area contributed by atoms with Gasteiger partial charge in [-0.15, -0.1) is 0 Å². The van der Waals surface area contributed by atoms with Gasteiger partial charge in [0.2, 0.25) is 5.91 Å². The molecule has 1 atom stereocenters. The first kappa shape index (κ1) is 12.0. The highest BCUT2D eigenvalue weighted by atomic mass is 127. The van der Waals surface area contributed by atoms with Gasteiger partial charge in [-0.05, 0) is 53.8 Å². The SMILES string of the molecule is CC(C(=O)Nc1ccc(I)cc1)n1cncn1. The molecule has 0 bridgehead atoms. The summed E-state index contributed by atoms with van der Waals surface area (Å²) in [6.45, 7) is 1.77. The summed E-state index contributed by atoms with van der Waals surface area (Å²) >= 11 is 2.22. The molecule has 88 valence electrons. The smallest absolute Gasteiger partial charge is 0.249 e. The lowest BCUT2D eigenvalue weighted by Crippen LogP contribution is -2.23. The summed E-state index contributed by atoms with van der Waals surface area (Å²) < 4.78 is 2.65. The fraction of sp³-hybridized carbons (Fsp3) is 0.182. The Labute approximate surface area is 112 Å². The molecular weight excluding hydrogens is 331 g/mol. The number of nitrogens with one attached hydrogen (secondary N) is 1. The molecule has 6 heteroatoms. The highest BCUT2D eigenvalue weighted by Gasteiger charge is 2.15. The Morgan fingerprint density at radius 1 is 1.41 bits per heavy atom. The van der Waals surface area contributed by atoms with Crippen LogP contribution in [0.4, 0.5) is 5.69 Å². The molecule has 1 unspecified atom stereocenters. The largest absolute Gasteiger partial charge is 0.324 e. The van der Waals surface area contributed by atoms with Crippen LogP contribution in [0.3, 0.4) is 0 Å². The molecule has 1 N–H and O–H groups in total. The number of carbonyl (C=O) groups excluding carboxylic acids is 1. The molecule has 5 nitrogen and oxygen atoms in total. The summed E-state index contributed by atoms with van der Waals surface area (Å²) in [6, 6.07) is 7.24. The number of hydrogen-bond acceptors (Lipinski definition) is 3. The maximum absolute atomic E-state index is 11.9. The minimum absolute atomic E-state index is 0.114. The zero-order valence-corrected chi connectivity index (χ0v) is 11.3. The van der Waals surface area contributed by atoms with E-state index in [2.05, 4.69) is 38.0 Å². The van der Waals surface area contributed by atoms with Crippen LogP contribution in [0.15, 0.2) is 36.9 Å². The zero-order chi connectivity index (χ0) is 12.3. The van der Waals surface area contributed by atoms with Gasteiger partial charge in [0, 0.05) is 9.26 Å². The fourth-order valence-corrected chi connectivity index (χ4v) is 1.68. The Bertz CT molecular complexity index is 495. The van der Waals surface area contributed by atoms with Crippen LogP contribution in [0.25, 0.3) is 0 Å².